The standard InChI is InChI=1S/C11H18N4O2/c1-11(2)4-3-6-15(7-5-11)10(16)8-9(12)14-17-13-8/h3-7H2,1-2H3,(H2,12,14). The van der Waals surface area contributed by atoms with Crippen molar-refractivity contribution in [2.75, 3.05) is 18.8 Å². The van der Waals surface area contributed by atoms with Crippen LogP contribution in [0.4, 0.5) is 5.82 Å². The van der Waals surface area contributed by atoms with Gasteiger partial charge in [-0.25, -0.2) is 4.63 Å². The van der Waals surface area contributed by atoms with Gasteiger partial charge < -0.3 is 10.6 Å². The average molecular weight is 238 g/mol. The van der Waals surface area contributed by atoms with Crippen LogP contribution in [0.1, 0.15) is 43.6 Å². The van der Waals surface area contributed by atoms with Crippen LogP contribution < -0.4 is 5.73 Å². The van der Waals surface area contributed by atoms with Crippen molar-refractivity contribution in [2.24, 2.45) is 5.41 Å². The molecule has 1 aromatic rings. The minimum Gasteiger partial charge on any atom is -0.379 e. The van der Waals surface area contributed by atoms with E-state index in [4.69, 9.17) is 5.73 Å². The first kappa shape index (κ1) is 11.9. The number of hydrogen-bond acceptors (Lipinski definition) is 5. The lowest BCUT2D eigenvalue weighted by Gasteiger charge is -2.22. The number of anilines is 1. The molecule has 1 amide bonds. The Kier molecular flexibility index (Phi) is 3.04. The van der Waals surface area contributed by atoms with Crippen molar-refractivity contribution in [3.8, 4) is 0 Å². The molecule has 0 atom stereocenters. The molecular weight excluding hydrogens is 220 g/mol. The van der Waals surface area contributed by atoms with Crippen LogP contribution in [0, 0.1) is 5.41 Å². The lowest BCUT2D eigenvalue weighted by Crippen LogP contribution is -2.33. The van der Waals surface area contributed by atoms with Gasteiger partial charge in [-0.05, 0) is 35.0 Å². The fourth-order valence-corrected chi connectivity index (χ4v) is 2.12. The Hall–Kier alpha value is -1.59. The van der Waals surface area contributed by atoms with Gasteiger partial charge in [-0.1, -0.05) is 13.8 Å². The van der Waals surface area contributed by atoms with Crippen LogP contribution in [0.2, 0.25) is 0 Å². The fraction of sp³-hybridized carbons (Fsp3) is 0.727. The number of likely N-dealkylation sites (tertiary alicyclic amines) is 1. The highest BCUT2D eigenvalue weighted by Crippen LogP contribution is 2.30. The molecule has 0 unspecified atom stereocenters. The summed E-state index contributed by atoms with van der Waals surface area (Å²) in [6.07, 6.45) is 3.12. The molecule has 0 aromatic carbocycles. The first-order valence-electron chi connectivity index (χ1n) is 5.87. The summed E-state index contributed by atoms with van der Waals surface area (Å²) in [5.41, 5.74) is 5.95. The van der Waals surface area contributed by atoms with Gasteiger partial charge in [0.2, 0.25) is 11.5 Å². The minimum atomic E-state index is -0.179. The van der Waals surface area contributed by atoms with Gasteiger partial charge in [-0.3, -0.25) is 4.79 Å². The van der Waals surface area contributed by atoms with E-state index >= 15 is 0 Å². The summed E-state index contributed by atoms with van der Waals surface area (Å²) >= 11 is 0. The van der Waals surface area contributed by atoms with Crippen LogP contribution in [0.5, 0.6) is 0 Å². The number of amides is 1. The maximum absolute atomic E-state index is 12.1. The van der Waals surface area contributed by atoms with Crippen LogP contribution in [-0.4, -0.2) is 34.2 Å². The van der Waals surface area contributed by atoms with E-state index in [-0.39, 0.29) is 17.4 Å². The van der Waals surface area contributed by atoms with Crippen LogP contribution in [-0.2, 0) is 0 Å². The van der Waals surface area contributed by atoms with E-state index in [0.717, 1.165) is 32.4 Å². The molecule has 6 nitrogen and oxygen atoms in total. The number of rotatable bonds is 1. The third-order valence-corrected chi connectivity index (χ3v) is 3.34. The molecule has 0 radical (unpaired) electrons. The Morgan fingerprint density at radius 1 is 1.35 bits per heavy atom. The molecule has 1 fully saturated rings. The Bertz CT molecular complexity index is 413. The highest BCUT2D eigenvalue weighted by atomic mass is 16.6. The minimum absolute atomic E-state index is 0.0681. The van der Waals surface area contributed by atoms with Crippen LogP contribution in [0.3, 0.4) is 0 Å². The van der Waals surface area contributed by atoms with Crippen LogP contribution >= 0.6 is 0 Å². The van der Waals surface area contributed by atoms with Crippen molar-refractivity contribution in [3.63, 3.8) is 0 Å². The van der Waals surface area contributed by atoms with Crippen molar-refractivity contribution < 1.29 is 9.42 Å². The van der Waals surface area contributed by atoms with Crippen LogP contribution in [0.25, 0.3) is 0 Å². The summed E-state index contributed by atoms with van der Waals surface area (Å²) in [6.45, 7) is 5.94. The number of carbonyl (C=O) groups is 1. The van der Waals surface area contributed by atoms with Gasteiger partial charge in [-0.2, -0.15) is 0 Å². The molecule has 1 aliphatic rings. The van der Waals surface area contributed by atoms with Crippen molar-refractivity contribution >= 4 is 11.7 Å². The zero-order chi connectivity index (χ0) is 12.5. The Balaban J connectivity index is 2.08. The van der Waals surface area contributed by atoms with Gasteiger partial charge in [0.05, 0.1) is 0 Å². The first-order chi connectivity index (χ1) is 7.99. The van der Waals surface area contributed by atoms with Crippen molar-refractivity contribution in [2.45, 2.75) is 33.1 Å². The summed E-state index contributed by atoms with van der Waals surface area (Å²) in [7, 11) is 0. The van der Waals surface area contributed by atoms with Gasteiger partial charge in [-0.15, -0.1) is 0 Å². The van der Waals surface area contributed by atoms with Gasteiger partial charge in [0.15, 0.2) is 0 Å². The van der Waals surface area contributed by atoms with Crippen LogP contribution in [0.15, 0.2) is 4.63 Å². The highest BCUT2D eigenvalue weighted by molar-refractivity contribution is 5.96. The maximum Gasteiger partial charge on any atom is 0.280 e. The Labute approximate surface area is 100 Å². The van der Waals surface area contributed by atoms with Gasteiger partial charge in [0, 0.05) is 13.1 Å². The molecule has 17 heavy (non-hydrogen) atoms. The van der Waals surface area contributed by atoms with E-state index in [9.17, 15) is 4.79 Å². The number of carbonyl (C=O) groups excluding carboxylic acids is 1. The summed E-state index contributed by atoms with van der Waals surface area (Å²) in [4.78, 5) is 13.9. The van der Waals surface area contributed by atoms with Gasteiger partial charge in [0.25, 0.3) is 5.91 Å². The molecule has 2 rings (SSSR count). The van der Waals surface area contributed by atoms with Gasteiger partial charge in [0.1, 0.15) is 0 Å². The quantitative estimate of drug-likeness (QED) is 0.797. The van der Waals surface area contributed by atoms with E-state index in [2.05, 4.69) is 28.8 Å². The van der Waals surface area contributed by atoms with E-state index in [1.54, 1.807) is 4.90 Å². The lowest BCUT2D eigenvalue weighted by atomic mass is 9.85. The molecule has 6 heteroatoms. The molecular formula is C11H18N4O2. The van der Waals surface area contributed by atoms with E-state index < -0.39 is 0 Å². The summed E-state index contributed by atoms with van der Waals surface area (Å²) < 4.78 is 4.46. The monoisotopic (exact) mass is 238 g/mol. The zero-order valence-electron chi connectivity index (χ0n) is 10.3. The molecule has 0 saturated carbocycles. The van der Waals surface area contributed by atoms with Gasteiger partial charge >= 0.3 is 0 Å². The number of nitrogen functional groups attached to an aromatic ring is 1. The smallest absolute Gasteiger partial charge is 0.280 e. The van der Waals surface area contributed by atoms with Crippen molar-refractivity contribution in [1.29, 1.82) is 0 Å². The molecule has 0 aliphatic carbocycles. The van der Waals surface area contributed by atoms with Crippen molar-refractivity contribution in [3.05, 3.63) is 5.69 Å². The number of aromatic nitrogens is 2. The van der Waals surface area contributed by atoms with E-state index in [1.807, 2.05) is 0 Å². The zero-order valence-corrected chi connectivity index (χ0v) is 10.3. The SMILES string of the molecule is CC1(C)CCCN(C(=O)c2nonc2N)CC1. The third kappa shape index (κ3) is 2.57. The first-order valence-corrected chi connectivity index (χ1v) is 5.87. The average Bonchev–Trinajstić information content (AvgIpc) is 2.59. The van der Waals surface area contributed by atoms with E-state index in [0.29, 0.717) is 5.41 Å². The summed E-state index contributed by atoms with van der Waals surface area (Å²) in [6, 6.07) is 0. The topological polar surface area (TPSA) is 85.2 Å². The predicted octanol–water partition coefficient (Wildman–Crippen LogP) is 1.30. The number of nitrogens with zero attached hydrogens (tertiary/aromatic N) is 3. The molecule has 2 heterocycles. The molecule has 0 spiro atoms. The summed E-state index contributed by atoms with van der Waals surface area (Å²) in [5, 5.41) is 6.98. The third-order valence-electron chi connectivity index (χ3n) is 3.34. The second kappa shape index (κ2) is 4.35. The lowest BCUT2D eigenvalue weighted by molar-refractivity contribution is 0.0747. The van der Waals surface area contributed by atoms with Crippen molar-refractivity contribution in [1.82, 2.24) is 15.2 Å². The van der Waals surface area contributed by atoms with E-state index in [1.165, 1.54) is 0 Å². The fourth-order valence-electron chi connectivity index (χ4n) is 2.12. The highest BCUT2D eigenvalue weighted by Gasteiger charge is 2.28. The Morgan fingerprint density at radius 2 is 2.12 bits per heavy atom. The molecule has 0 bridgehead atoms. The maximum atomic E-state index is 12.1. The molecule has 1 aromatic heterocycles. The molecule has 94 valence electrons. The summed E-state index contributed by atoms with van der Waals surface area (Å²) in [5.74, 6) is -0.111. The Morgan fingerprint density at radius 3 is 2.76 bits per heavy atom. The second-order valence-electron chi connectivity index (χ2n) is 5.31. The molecule has 1 saturated heterocycles. The normalized spacial score (nSPS) is 20.0. The predicted molar refractivity (Wildman–Crippen MR) is 62.2 cm³/mol. The largest absolute Gasteiger partial charge is 0.379 e. The number of hydrogen-bond donors (Lipinski definition) is 1. The molecule has 2 N–H and O–H groups in total. The number of nitrogens with two attached hydrogens (primary N) is 1. The second-order valence-corrected chi connectivity index (χ2v) is 5.31. The molecule has 1 aliphatic heterocycles.